The van der Waals surface area contributed by atoms with Gasteiger partial charge in [0.2, 0.25) is 0 Å². The topological polar surface area (TPSA) is 49.5 Å². The Kier molecular flexibility index (Phi) is 5.38. The molecular weight excluding hydrogens is 220 g/mol. The summed E-state index contributed by atoms with van der Waals surface area (Å²) in [4.78, 5) is 2.51. The van der Waals surface area contributed by atoms with E-state index in [9.17, 15) is 0 Å². The van der Waals surface area contributed by atoms with Crippen LogP contribution in [0.25, 0.3) is 0 Å². The van der Waals surface area contributed by atoms with Crippen molar-refractivity contribution in [3.05, 3.63) is 35.9 Å². The maximum atomic E-state index is 9.02. The Morgan fingerprint density at radius 1 is 1.44 bits per heavy atom. The number of hydrogen-bond donors (Lipinski definition) is 2. The molecule has 88 valence electrons. The van der Waals surface area contributed by atoms with Crippen molar-refractivity contribution in [3.63, 3.8) is 0 Å². The minimum absolute atomic E-state index is 0.0895. The molecule has 3 nitrogen and oxygen atoms in total. The van der Waals surface area contributed by atoms with E-state index in [4.69, 9.17) is 23.1 Å². The van der Waals surface area contributed by atoms with E-state index in [1.165, 1.54) is 0 Å². The summed E-state index contributed by atoms with van der Waals surface area (Å²) >= 11 is 5.11. The van der Waals surface area contributed by atoms with E-state index >= 15 is 0 Å². The molecule has 0 radical (unpaired) electrons. The molecule has 0 saturated heterocycles. The summed E-state index contributed by atoms with van der Waals surface area (Å²) in [6, 6.07) is 9.81. The zero-order valence-corrected chi connectivity index (χ0v) is 10.3. The predicted octanol–water partition coefficient (Wildman–Crippen LogP) is 1.33. The maximum absolute atomic E-state index is 9.02. The third-order valence-electron chi connectivity index (χ3n) is 2.54. The first-order chi connectivity index (χ1) is 7.70. The van der Waals surface area contributed by atoms with Crippen LogP contribution < -0.4 is 5.73 Å². The molecule has 4 heteroatoms. The smallest absolute Gasteiger partial charge is 0.0948 e. The second kappa shape index (κ2) is 6.58. The quantitative estimate of drug-likeness (QED) is 0.734. The number of aliphatic hydroxyl groups is 1. The number of rotatable bonds is 6. The van der Waals surface area contributed by atoms with E-state index in [2.05, 4.69) is 4.90 Å². The molecule has 1 unspecified atom stereocenters. The highest BCUT2D eigenvalue weighted by Gasteiger charge is 2.20. The van der Waals surface area contributed by atoms with Crippen LogP contribution in [0, 0.1) is 0 Å². The van der Waals surface area contributed by atoms with Gasteiger partial charge in [-0.3, -0.25) is 4.90 Å². The van der Waals surface area contributed by atoms with Gasteiger partial charge in [-0.15, -0.1) is 0 Å². The van der Waals surface area contributed by atoms with E-state index in [1.54, 1.807) is 0 Å². The summed E-state index contributed by atoms with van der Waals surface area (Å²) in [7, 11) is 0. The summed E-state index contributed by atoms with van der Waals surface area (Å²) in [6.07, 6.45) is 0. The normalized spacial score (nSPS) is 12.7. The van der Waals surface area contributed by atoms with Gasteiger partial charge >= 0.3 is 0 Å². The first-order valence-electron chi connectivity index (χ1n) is 5.39. The summed E-state index contributed by atoms with van der Waals surface area (Å²) in [6.45, 7) is 3.52. The fourth-order valence-electron chi connectivity index (χ4n) is 1.79. The lowest BCUT2D eigenvalue weighted by molar-refractivity contribution is 0.185. The molecule has 0 fully saturated rings. The Balaban J connectivity index is 2.94. The van der Waals surface area contributed by atoms with E-state index in [1.807, 2.05) is 37.3 Å². The molecule has 1 aromatic rings. The third kappa shape index (κ3) is 3.27. The molecule has 1 atom stereocenters. The molecule has 0 spiro atoms. The fourth-order valence-corrected chi connectivity index (χ4v) is 2.07. The van der Waals surface area contributed by atoms with Crippen molar-refractivity contribution in [2.75, 3.05) is 19.7 Å². The lowest BCUT2D eigenvalue weighted by atomic mass is 10.1. The van der Waals surface area contributed by atoms with Crippen molar-refractivity contribution in [1.82, 2.24) is 4.90 Å². The van der Waals surface area contributed by atoms with Gasteiger partial charge in [-0.2, -0.15) is 0 Å². The standard InChI is InChI=1S/C12H18N2OS/c1-2-14(8-9-15)11(12(13)16)10-6-4-3-5-7-10/h3-7,11,15H,2,8-9H2,1H3,(H2,13,16). The zero-order chi connectivity index (χ0) is 12.0. The lowest BCUT2D eigenvalue weighted by Gasteiger charge is -2.29. The first-order valence-corrected chi connectivity index (χ1v) is 5.80. The van der Waals surface area contributed by atoms with Crippen LogP contribution in [0.1, 0.15) is 18.5 Å². The second-order valence-corrected chi connectivity index (χ2v) is 4.04. The number of likely N-dealkylation sites (N-methyl/N-ethyl adjacent to an activating group) is 1. The van der Waals surface area contributed by atoms with E-state index in [-0.39, 0.29) is 12.6 Å². The summed E-state index contributed by atoms with van der Waals surface area (Å²) in [5.74, 6) is 0. The van der Waals surface area contributed by atoms with Crippen LogP contribution in [-0.4, -0.2) is 34.7 Å². The van der Waals surface area contributed by atoms with Crippen LogP contribution in [0.2, 0.25) is 0 Å². The highest BCUT2D eigenvalue weighted by molar-refractivity contribution is 7.80. The Morgan fingerprint density at radius 3 is 2.50 bits per heavy atom. The molecule has 0 aliphatic rings. The number of thiocarbonyl (C=S) groups is 1. The minimum atomic E-state index is -0.0895. The second-order valence-electron chi connectivity index (χ2n) is 3.57. The van der Waals surface area contributed by atoms with Crippen LogP contribution in [0.5, 0.6) is 0 Å². The Hall–Kier alpha value is -0.970. The summed E-state index contributed by atoms with van der Waals surface area (Å²) in [5.41, 5.74) is 6.86. The van der Waals surface area contributed by atoms with Crippen LogP contribution in [0.4, 0.5) is 0 Å². The summed E-state index contributed by atoms with van der Waals surface area (Å²) in [5, 5.41) is 9.02. The van der Waals surface area contributed by atoms with Crippen LogP contribution in [0.15, 0.2) is 30.3 Å². The van der Waals surface area contributed by atoms with Gasteiger partial charge in [-0.25, -0.2) is 0 Å². The van der Waals surface area contributed by atoms with Gasteiger partial charge in [-0.1, -0.05) is 49.5 Å². The third-order valence-corrected chi connectivity index (χ3v) is 2.77. The first kappa shape index (κ1) is 13.1. The number of aliphatic hydroxyl groups excluding tert-OH is 1. The minimum Gasteiger partial charge on any atom is -0.395 e. The van der Waals surface area contributed by atoms with Crippen LogP contribution in [-0.2, 0) is 0 Å². The lowest BCUT2D eigenvalue weighted by Crippen LogP contribution is -2.38. The molecule has 0 aliphatic heterocycles. The van der Waals surface area contributed by atoms with Crippen molar-refractivity contribution in [3.8, 4) is 0 Å². The average Bonchev–Trinajstić information content (AvgIpc) is 2.29. The molecule has 0 aromatic heterocycles. The zero-order valence-electron chi connectivity index (χ0n) is 9.47. The predicted molar refractivity (Wildman–Crippen MR) is 70.3 cm³/mol. The van der Waals surface area contributed by atoms with Crippen LogP contribution >= 0.6 is 12.2 Å². The molecule has 3 N–H and O–H groups in total. The van der Waals surface area contributed by atoms with Gasteiger partial charge < -0.3 is 10.8 Å². The van der Waals surface area contributed by atoms with E-state index in [0.717, 1.165) is 12.1 Å². The molecule has 0 aliphatic carbocycles. The highest BCUT2D eigenvalue weighted by Crippen LogP contribution is 2.20. The highest BCUT2D eigenvalue weighted by atomic mass is 32.1. The van der Waals surface area contributed by atoms with Crippen molar-refractivity contribution in [2.45, 2.75) is 13.0 Å². The molecule has 0 saturated carbocycles. The Morgan fingerprint density at radius 2 is 2.06 bits per heavy atom. The van der Waals surface area contributed by atoms with Gasteiger partial charge in [-0.05, 0) is 12.1 Å². The SMILES string of the molecule is CCN(CCO)C(C(N)=S)c1ccccc1. The Labute approximate surface area is 102 Å². The van der Waals surface area contributed by atoms with Crippen molar-refractivity contribution >= 4 is 17.2 Å². The van der Waals surface area contributed by atoms with Crippen LogP contribution in [0.3, 0.4) is 0 Å². The van der Waals surface area contributed by atoms with Gasteiger partial charge in [0.15, 0.2) is 0 Å². The van der Waals surface area contributed by atoms with Gasteiger partial charge in [0.25, 0.3) is 0 Å². The number of hydrogen-bond acceptors (Lipinski definition) is 3. The molecule has 0 heterocycles. The summed E-state index contributed by atoms with van der Waals surface area (Å²) < 4.78 is 0. The van der Waals surface area contributed by atoms with E-state index in [0.29, 0.717) is 11.5 Å². The number of benzene rings is 1. The van der Waals surface area contributed by atoms with Crippen molar-refractivity contribution < 1.29 is 5.11 Å². The van der Waals surface area contributed by atoms with Gasteiger partial charge in [0.1, 0.15) is 0 Å². The monoisotopic (exact) mass is 238 g/mol. The molecule has 1 aromatic carbocycles. The molecule has 0 amide bonds. The Bertz CT molecular complexity index is 329. The van der Waals surface area contributed by atoms with Gasteiger partial charge in [0.05, 0.1) is 17.6 Å². The van der Waals surface area contributed by atoms with Crippen molar-refractivity contribution in [2.24, 2.45) is 5.73 Å². The van der Waals surface area contributed by atoms with E-state index < -0.39 is 0 Å². The largest absolute Gasteiger partial charge is 0.395 e. The molecule has 16 heavy (non-hydrogen) atoms. The number of nitrogens with two attached hydrogens (primary N) is 1. The van der Waals surface area contributed by atoms with Gasteiger partial charge in [0, 0.05) is 6.54 Å². The molecular formula is C12H18N2OS. The van der Waals surface area contributed by atoms with Crippen molar-refractivity contribution in [1.29, 1.82) is 0 Å². The number of nitrogens with zero attached hydrogens (tertiary/aromatic N) is 1. The molecule has 0 bridgehead atoms. The maximum Gasteiger partial charge on any atom is 0.0948 e. The molecule has 1 rings (SSSR count). The average molecular weight is 238 g/mol. The fraction of sp³-hybridized carbons (Fsp3) is 0.417.